The molecule has 0 saturated heterocycles. The lowest BCUT2D eigenvalue weighted by atomic mass is 9.83. The predicted octanol–water partition coefficient (Wildman–Crippen LogP) is 5.86. The third kappa shape index (κ3) is 4.19. The highest BCUT2D eigenvalue weighted by Gasteiger charge is 2.20. The second-order valence-corrected chi connectivity index (χ2v) is 7.75. The zero-order valence-electron chi connectivity index (χ0n) is 14.4. The fraction of sp³-hybridized carbons (Fsp3) is 0.632. The molecule has 0 saturated carbocycles. The van der Waals surface area contributed by atoms with Crippen molar-refractivity contribution in [1.82, 2.24) is 0 Å². The topological polar surface area (TPSA) is 17.1 Å². The Bertz CT molecular complexity index is 458. The SMILES string of the molecule is Cc1c(C(C)C)cc(C(=O)CC(C)(C)C)cc1C(C)C. The first-order valence-electron chi connectivity index (χ1n) is 7.70. The molecule has 0 N–H and O–H groups in total. The molecular weight excluding hydrogens is 244 g/mol. The Morgan fingerprint density at radius 2 is 1.40 bits per heavy atom. The molecule has 0 spiro atoms. The lowest BCUT2D eigenvalue weighted by Crippen LogP contribution is -2.14. The fourth-order valence-electron chi connectivity index (χ4n) is 2.70. The minimum atomic E-state index is 0.0396. The van der Waals surface area contributed by atoms with Crippen LogP contribution in [0.4, 0.5) is 0 Å². The van der Waals surface area contributed by atoms with E-state index in [2.05, 4.69) is 67.5 Å². The Labute approximate surface area is 124 Å². The van der Waals surface area contributed by atoms with Crippen molar-refractivity contribution in [3.05, 3.63) is 34.4 Å². The first-order valence-corrected chi connectivity index (χ1v) is 7.70. The van der Waals surface area contributed by atoms with Crippen LogP contribution in [0, 0.1) is 12.3 Å². The van der Waals surface area contributed by atoms with Gasteiger partial charge < -0.3 is 0 Å². The van der Waals surface area contributed by atoms with Gasteiger partial charge >= 0.3 is 0 Å². The van der Waals surface area contributed by atoms with Gasteiger partial charge in [0.1, 0.15) is 0 Å². The summed E-state index contributed by atoms with van der Waals surface area (Å²) in [7, 11) is 0. The molecule has 0 amide bonds. The first-order chi connectivity index (χ1) is 9.03. The summed E-state index contributed by atoms with van der Waals surface area (Å²) in [4.78, 5) is 12.5. The monoisotopic (exact) mass is 274 g/mol. The number of rotatable bonds is 4. The molecule has 112 valence electrons. The standard InChI is InChI=1S/C19H30O/c1-12(2)16-9-15(18(20)11-19(6,7)8)10-17(13(3)4)14(16)5/h9-10,12-13H,11H2,1-8H3. The third-order valence-electron chi connectivity index (χ3n) is 3.74. The maximum absolute atomic E-state index is 12.5. The molecule has 0 aliphatic heterocycles. The van der Waals surface area contributed by atoms with Crippen LogP contribution in [-0.4, -0.2) is 5.78 Å². The van der Waals surface area contributed by atoms with Crippen LogP contribution >= 0.6 is 0 Å². The zero-order valence-corrected chi connectivity index (χ0v) is 14.4. The Kier molecular flexibility index (Phi) is 5.18. The van der Waals surface area contributed by atoms with E-state index in [4.69, 9.17) is 0 Å². The normalized spacial score (nSPS) is 12.3. The fourth-order valence-corrected chi connectivity index (χ4v) is 2.70. The molecule has 1 aromatic carbocycles. The highest BCUT2D eigenvalue weighted by Crippen LogP contribution is 2.30. The van der Waals surface area contributed by atoms with Gasteiger partial charge in [0.15, 0.2) is 5.78 Å². The molecule has 1 aromatic rings. The van der Waals surface area contributed by atoms with Crippen LogP contribution in [0.15, 0.2) is 12.1 Å². The summed E-state index contributed by atoms with van der Waals surface area (Å²) in [5, 5.41) is 0. The second-order valence-electron chi connectivity index (χ2n) is 7.75. The molecule has 0 atom stereocenters. The molecule has 0 radical (unpaired) electrons. The van der Waals surface area contributed by atoms with Crippen LogP contribution in [0.5, 0.6) is 0 Å². The van der Waals surface area contributed by atoms with Gasteiger partial charge in [-0.15, -0.1) is 0 Å². The zero-order chi connectivity index (χ0) is 15.7. The van der Waals surface area contributed by atoms with Crippen molar-refractivity contribution in [1.29, 1.82) is 0 Å². The molecule has 0 unspecified atom stereocenters. The van der Waals surface area contributed by atoms with Crippen LogP contribution in [-0.2, 0) is 0 Å². The van der Waals surface area contributed by atoms with Gasteiger partial charge in [0.25, 0.3) is 0 Å². The van der Waals surface area contributed by atoms with Crippen LogP contribution in [0.1, 0.15) is 93.8 Å². The van der Waals surface area contributed by atoms with Gasteiger partial charge in [-0.1, -0.05) is 48.5 Å². The molecule has 0 heterocycles. The van der Waals surface area contributed by atoms with Gasteiger partial charge in [-0.2, -0.15) is 0 Å². The Balaban J connectivity index is 3.31. The molecule has 0 aliphatic rings. The molecule has 1 heteroatoms. The molecule has 1 nitrogen and oxygen atoms in total. The number of benzene rings is 1. The molecular formula is C19H30O. The molecule has 0 fully saturated rings. The smallest absolute Gasteiger partial charge is 0.163 e. The summed E-state index contributed by atoms with van der Waals surface area (Å²) in [5.74, 6) is 1.17. The van der Waals surface area contributed by atoms with E-state index in [-0.39, 0.29) is 11.2 Å². The lowest BCUT2D eigenvalue weighted by Gasteiger charge is -2.21. The average molecular weight is 274 g/mol. The quantitative estimate of drug-likeness (QED) is 0.628. The maximum atomic E-state index is 12.5. The van der Waals surface area contributed by atoms with Gasteiger partial charge in [0, 0.05) is 12.0 Å². The van der Waals surface area contributed by atoms with Gasteiger partial charge in [-0.3, -0.25) is 4.79 Å². The number of hydrogen-bond acceptors (Lipinski definition) is 1. The molecule has 0 aliphatic carbocycles. The van der Waals surface area contributed by atoms with Crippen LogP contribution in [0.25, 0.3) is 0 Å². The van der Waals surface area contributed by atoms with Gasteiger partial charge in [-0.25, -0.2) is 0 Å². The van der Waals surface area contributed by atoms with E-state index in [0.29, 0.717) is 18.3 Å². The number of hydrogen-bond donors (Lipinski definition) is 0. The van der Waals surface area contributed by atoms with Crippen LogP contribution in [0.3, 0.4) is 0 Å². The van der Waals surface area contributed by atoms with E-state index >= 15 is 0 Å². The van der Waals surface area contributed by atoms with Crippen molar-refractivity contribution in [2.75, 3.05) is 0 Å². The maximum Gasteiger partial charge on any atom is 0.163 e. The number of Topliss-reactive ketones (excluding diaryl/α,β-unsaturated/α-hetero) is 1. The summed E-state index contributed by atoms with van der Waals surface area (Å²) in [6.45, 7) is 17.3. The molecule has 20 heavy (non-hydrogen) atoms. The number of carbonyl (C=O) groups excluding carboxylic acids is 1. The first kappa shape index (κ1) is 16.9. The lowest BCUT2D eigenvalue weighted by molar-refractivity contribution is 0.0939. The minimum Gasteiger partial charge on any atom is -0.294 e. The van der Waals surface area contributed by atoms with E-state index < -0.39 is 0 Å². The highest BCUT2D eigenvalue weighted by molar-refractivity contribution is 5.97. The van der Waals surface area contributed by atoms with Crippen molar-refractivity contribution in [3.63, 3.8) is 0 Å². The van der Waals surface area contributed by atoms with Gasteiger partial charge in [0.05, 0.1) is 0 Å². The van der Waals surface area contributed by atoms with Crippen molar-refractivity contribution >= 4 is 5.78 Å². The predicted molar refractivity (Wildman–Crippen MR) is 87.8 cm³/mol. The molecule has 0 bridgehead atoms. The second kappa shape index (κ2) is 6.11. The van der Waals surface area contributed by atoms with Crippen molar-refractivity contribution in [3.8, 4) is 0 Å². The summed E-state index contributed by atoms with van der Waals surface area (Å²) < 4.78 is 0. The van der Waals surface area contributed by atoms with E-state index in [1.807, 2.05) is 0 Å². The number of carbonyl (C=O) groups is 1. The summed E-state index contributed by atoms with van der Waals surface area (Å²) >= 11 is 0. The molecule has 0 aromatic heterocycles. The third-order valence-corrected chi connectivity index (χ3v) is 3.74. The van der Waals surface area contributed by atoms with E-state index in [0.717, 1.165) is 5.56 Å². The highest BCUT2D eigenvalue weighted by atomic mass is 16.1. The average Bonchev–Trinajstić information content (AvgIpc) is 2.25. The van der Waals surface area contributed by atoms with E-state index in [1.165, 1.54) is 16.7 Å². The Morgan fingerprint density at radius 3 is 1.70 bits per heavy atom. The van der Waals surface area contributed by atoms with Crippen molar-refractivity contribution < 1.29 is 4.79 Å². The summed E-state index contributed by atoms with van der Waals surface area (Å²) in [6, 6.07) is 4.22. The largest absolute Gasteiger partial charge is 0.294 e. The number of ketones is 1. The Hall–Kier alpha value is -1.11. The van der Waals surface area contributed by atoms with Gasteiger partial charge in [0.2, 0.25) is 0 Å². The van der Waals surface area contributed by atoms with E-state index in [1.54, 1.807) is 0 Å². The van der Waals surface area contributed by atoms with Crippen molar-refractivity contribution in [2.24, 2.45) is 5.41 Å². The molecule has 1 rings (SSSR count). The summed E-state index contributed by atoms with van der Waals surface area (Å²) in [5.41, 5.74) is 4.90. The minimum absolute atomic E-state index is 0.0396. The van der Waals surface area contributed by atoms with Crippen LogP contribution < -0.4 is 0 Å². The summed E-state index contributed by atoms with van der Waals surface area (Å²) in [6.07, 6.45) is 0.602. The van der Waals surface area contributed by atoms with Crippen LogP contribution in [0.2, 0.25) is 0 Å². The Morgan fingerprint density at radius 1 is 1.00 bits per heavy atom. The van der Waals surface area contributed by atoms with Crippen molar-refractivity contribution in [2.45, 2.75) is 73.6 Å². The van der Waals surface area contributed by atoms with Gasteiger partial charge in [-0.05, 0) is 53.0 Å². The van der Waals surface area contributed by atoms with E-state index in [9.17, 15) is 4.79 Å².